The predicted molar refractivity (Wildman–Crippen MR) is 104 cm³/mol. The zero-order valence-corrected chi connectivity index (χ0v) is 14.4. The predicted octanol–water partition coefficient (Wildman–Crippen LogP) is 6.89. The second-order valence-electron chi connectivity index (χ2n) is 6.13. The summed E-state index contributed by atoms with van der Waals surface area (Å²) in [4.78, 5) is 2.30. The molecule has 0 N–H and O–H groups in total. The number of unbranched alkanes of at least 4 members (excludes halogenated alkanes) is 2. The molecule has 0 saturated heterocycles. The average molecular weight is 315 g/mol. The Hall–Kier alpha value is -2.54. The Balaban J connectivity index is 1.89. The van der Waals surface area contributed by atoms with Crippen molar-refractivity contribution in [3.63, 3.8) is 0 Å². The minimum atomic E-state index is 1.17. The van der Waals surface area contributed by atoms with Crippen molar-refractivity contribution in [2.75, 3.05) is 4.90 Å². The van der Waals surface area contributed by atoms with E-state index in [9.17, 15) is 0 Å². The number of rotatable bonds is 7. The van der Waals surface area contributed by atoms with Gasteiger partial charge in [0.05, 0.1) is 0 Å². The zero-order valence-electron chi connectivity index (χ0n) is 14.4. The van der Waals surface area contributed by atoms with Crippen LogP contribution in [-0.4, -0.2) is 0 Å². The van der Waals surface area contributed by atoms with E-state index < -0.39 is 0 Å². The number of hydrogen-bond acceptors (Lipinski definition) is 1. The molecule has 1 heteroatoms. The van der Waals surface area contributed by atoms with Crippen LogP contribution in [0.1, 0.15) is 31.7 Å². The molecule has 0 heterocycles. The quantitative estimate of drug-likeness (QED) is 0.429. The number of benzene rings is 3. The van der Waals surface area contributed by atoms with Crippen molar-refractivity contribution in [1.29, 1.82) is 0 Å². The van der Waals surface area contributed by atoms with Gasteiger partial charge in [-0.3, -0.25) is 0 Å². The molecule has 0 amide bonds. The van der Waals surface area contributed by atoms with Crippen LogP contribution in [0.2, 0.25) is 0 Å². The molecule has 1 nitrogen and oxygen atoms in total. The van der Waals surface area contributed by atoms with Crippen molar-refractivity contribution in [2.45, 2.75) is 32.6 Å². The number of hydrogen-bond donors (Lipinski definition) is 0. The van der Waals surface area contributed by atoms with Crippen LogP contribution in [0.4, 0.5) is 17.1 Å². The lowest BCUT2D eigenvalue weighted by Gasteiger charge is -2.25. The molecule has 0 fully saturated rings. The second kappa shape index (κ2) is 8.35. The largest absolute Gasteiger partial charge is 0.311 e. The third-order valence-corrected chi connectivity index (χ3v) is 4.29. The van der Waals surface area contributed by atoms with Gasteiger partial charge in [-0.1, -0.05) is 68.3 Å². The van der Waals surface area contributed by atoms with E-state index in [4.69, 9.17) is 0 Å². The molecule has 0 aliphatic heterocycles. The lowest BCUT2D eigenvalue weighted by molar-refractivity contribution is 0.717. The van der Waals surface area contributed by atoms with Crippen molar-refractivity contribution in [1.82, 2.24) is 0 Å². The third-order valence-electron chi connectivity index (χ3n) is 4.29. The summed E-state index contributed by atoms with van der Waals surface area (Å²) in [5.41, 5.74) is 4.99. The Bertz CT molecular complexity index is 678. The summed E-state index contributed by atoms with van der Waals surface area (Å²) in [6.45, 7) is 2.25. The smallest absolute Gasteiger partial charge is 0.0461 e. The molecule has 3 aromatic rings. The number of aryl methyl sites for hydroxylation is 1. The first-order valence-corrected chi connectivity index (χ1v) is 8.87. The molecule has 3 rings (SSSR count). The summed E-state index contributed by atoms with van der Waals surface area (Å²) < 4.78 is 0. The minimum absolute atomic E-state index is 1.17. The van der Waals surface area contributed by atoms with Crippen molar-refractivity contribution in [2.24, 2.45) is 0 Å². The van der Waals surface area contributed by atoms with E-state index in [1.165, 1.54) is 48.3 Å². The van der Waals surface area contributed by atoms with Crippen LogP contribution in [0, 0.1) is 0 Å². The van der Waals surface area contributed by atoms with E-state index in [1.807, 2.05) is 0 Å². The van der Waals surface area contributed by atoms with Gasteiger partial charge in [0.1, 0.15) is 0 Å². The fraction of sp³-hybridized carbons (Fsp3) is 0.217. The summed E-state index contributed by atoms with van der Waals surface area (Å²) in [5, 5.41) is 0. The van der Waals surface area contributed by atoms with E-state index in [2.05, 4.69) is 96.8 Å². The Labute approximate surface area is 145 Å². The lowest BCUT2D eigenvalue weighted by Crippen LogP contribution is -2.09. The van der Waals surface area contributed by atoms with Gasteiger partial charge in [-0.2, -0.15) is 0 Å². The SMILES string of the molecule is CCCCCc1ccc(N(c2ccccc2)c2ccccc2)cc1. The highest BCUT2D eigenvalue weighted by molar-refractivity contribution is 5.76. The standard InChI is InChI=1S/C23H25N/c1-2-3-6-11-20-16-18-23(19-17-20)24(21-12-7-4-8-13-21)22-14-9-5-10-15-22/h4-5,7-10,12-19H,2-3,6,11H2,1H3. The lowest BCUT2D eigenvalue weighted by atomic mass is 10.1. The number of nitrogens with zero attached hydrogens (tertiary/aromatic N) is 1. The van der Waals surface area contributed by atoms with Crippen LogP contribution in [0.15, 0.2) is 84.9 Å². The third kappa shape index (κ3) is 4.05. The number of anilines is 3. The second-order valence-corrected chi connectivity index (χ2v) is 6.13. The van der Waals surface area contributed by atoms with Crippen molar-refractivity contribution < 1.29 is 0 Å². The van der Waals surface area contributed by atoms with Crippen LogP contribution >= 0.6 is 0 Å². The molecule has 0 spiro atoms. The molecule has 0 saturated carbocycles. The Morgan fingerprint density at radius 1 is 0.583 bits per heavy atom. The maximum atomic E-state index is 2.30. The van der Waals surface area contributed by atoms with E-state index in [0.29, 0.717) is 0 Å². The van der Waals surface area contributed by atoms with E-state index in [1.54, 1.807) is 0 Å². The van der Waals surface area contributed by atoms with Gasteiger partial charge in [0.2, 0.25) is 0 Å². The highest BCUT2D eigenvalue weighted by Gasteiger charge is 2.11. The topological polar surface area (TPSA) is 3.24 Å². The van der Waals surface area contributed by atoms with Crippen molar-refractivity contribution >= 4 is 17.1 Å². The van der Waals surface area contributed by atoms with Crippen LogP contribution in [-0.2, 0) is 6.42 Å². The van der Waals surface area contributed by atoms with Crippen LogP contribution in [0.5, 0.6) is 0 Å². The molecule has 0 aromatic heterocycles. The first-order chi connectivity index (χ1) is 11.9. The summed E-state index contributed by atoms with van der Waals surface area (Å²) in [5.74, 6) is 0. The van der Waals surface area contributed by atoms with Crippen LogP contribution < -0.4 is 4.90 Å². The summed E-state index contributed by atoms with van der Waals surface area (Å²) in [7, 11) is 0. The number of para-hydroxylation sites is 2. The highest BCUT2D eigenvalue weighted by Crippen LogP contribution is 2.34. The van der Waals surface area contributed by atoms with Crippen molar-refractivity contribution in [3.8, 4) is 0 Å². The molecule has 24 heavy (non-hydrogen) atoms. The van der Waals surface area contributed by atoms with E-state index >= 15 is 0 Å². The normalized spacial score (nSPS) is 10.5. The van der Waals surface area contributed by atoms with Gasteiger partial charge in [-0.05, 0) is 54.8 Å². The first kappa shape index (κ1) is 16.3. The van der Waals surface area contributed by atoms with Gasteiger partial charge in [-0.25, -0.2) is 0 Å². The molecule has 0 aliphatic rings. The Morgan fingerprint density at radius 3 is 1.58 bits per heavy atom. The molecule has 0 atom stereocenters. The zero-order chi connectivity index (χ0) is 16.6. The van der Waals surface area contributed by atoms with Crippen LogP contribution in [0.25, 0.3) is 0 Å². The van der Waals surface area contributed by atoms with Crippen LogP contribution in [0.3, 0.4) is 0 Å². The minimum Gasteiger partial charge on any atom is -0.311 e. The Kier molecular flexibility index (Phi) is 5.68. The van der Waals surface area contributed by atoms with E-state index in [0.717, 1.165) is 0 Å². The molecule has 0 radical (unpaired) electrons. The monoisotopic (exact) mass is 315 g/mol. The fourth-order valence-electron chi connectivity index (χ4n) is 2.99. The van der Waals surface area contributed by atoms with Gasteiger partial charge >= 0.3 is 0 Å². The van der Waals surface area contributed by atoms with E-state index in [-0.39, 0.29) is 0 Å². The average Bonchev–Trinajstić information content (AvgIpc) is 2.65. The highest BCUT2D eigenvalue weighted by atomic mass is 15.1. The van der Waals surface area contributed by atoms with Crippen molar-refractivity contribution in [3.05, 3.63) is 90.5 Å². The van der Waals surface area contributed by atoms with Gasteiger partial charge in [0, 0.05) is 17.1 Å². The van der Waals surface area contributed by atoms with Gasteiger partial charge in [0.25, 0.3) is 0 Å². The molecule has 3 aromatic carbocycles. The molecule has 0 unspecified atom stereocenters. The molecular weight excluding hydrogens is 290 g/mol. The molecular formula is C23H25N. The first-order valence-electron chi connectivity index (χ1n) is 8.87. The summed E-state index contributed by atoms with van der Waals surface area (Å²) >= 11 is 0. The fourth-order valence-corrected chi connectivity index (χ4v) is 2.99. The molecule has 122 valence electrons. The van der Waals surface area contributed by atoms with Gasteiger partial charge < -0.3 is 4.90 Å². The molecule has 0 aliphatic carbocycles. The van der Waals surface area contributed by atoms with Gasteiger partial charge in [-0.15, -0.1) is 0 Å². The maximum Gasteiger partial charge on any atom is 0.0461 e. The summed E-state index contributed by atoms with van der Waals surface area (Å²) in [6.07, 6.45) is 5.03. The summed E-state index contributed by atoms with van der Waals surface area (Å²) in [6, 6.07) is 30.1. The maximum absolute atomic E-state index is 2.30. The van der Waals surface area contributed by atoms with Gasteiger partial charge in [0.15, 0.2) is 0 Å². The molecule has 0 bridgehead atoms. The Morgan fingerprint density at radius 2 is 1.08 bits per heavy atom.